The number of benzene rings is 5. The largest absolute Gasteiger partial charge is 0.0622 e. The van der Waals surface area contributed by atoms with Crippen molar-refractivity contribution in [2.45, 2.75) is 6.92 Å². The molecule has 0 aliphatic rings. The van der Waals surface area contributed by atoms with Crippen LogP contribution in [0, 0.1) is 6.92 Å². The second-order valence-corrected chi connectivity index (χ2v) is 8.30. The predicted molar refractivity (Wildman–Crippen MR) is 142 cm³/mol. The zero-order valence-electron chi connectivity index (χ0n) is 18.8. The summed E-state index contributed by atoms with van der Waals surface area (Å²) in [5.41, 5.74) is 11.1. The molecule has 5 aromatic carbocycles. The van der Waals surface area contributed by atoms with Crippen LogP contribution in [0.5, 0.6) is 0 Å². The molecule has 0 heterocycles. The van der Waals surface area contributed by atoms with Gasteiger partial charge in [0.25, 0.3) is 0 Å². The highest BCUT2D eigenvalue weighted by atomic mass is 14.1. The minimum absolute atomic E-state index is 1.21. The van der Waals surface area contributed by atoms with Gasteiger partial charge in [-0.15, -0.1) is 0 Å². The molecule has 5 aromatic rings. The van der Waals surface area contributed by atoms with E-state index in [2.05, 4.69) is 146 Å². The van der Waals surface area contributed by atoms with E-state index in [1.807, 2.05) is 0 Å². The summed E-state index contributed by atoms with van der Waals surface area (Å²) in [5.74, 6) is 0. The molecule has 0 fully saturated rings. The van der Waals surface area contributed by atoms with Gasteiger partial charge in [0.1, 0.15) is 0 Å². The van der Waals surface area contributed by atoms with Crippen LogP contribution in [0.3, 0.4) is 0 Å². The van der Waals surface area contributed by atoms with Crippen LogP contribution in [0.2, 0.25) is 0 Å². The maximum atomic E-state index is 2.31. The van der Waals surface area contributed by atoms with E-state index in [1.54, 1.807) is 0 Å². The maximum Gasteiger partial charge on any atom is -0.0105 e. The number of rotatable bonds is 5. The Bertz CT molecular complexity index is 1270. The van der Waals surface area contributed by atoms with E-state index in [1.165, 1.54) is 50.1 Å². The van der Waals surface area contributed by atoms with E-state index < -0.39 is 0 Å². The van der Waals surface area contributed by atoms with E-state index in [-0.39, 0.29) is 0 Å². The molecule has 0 unspecified atom stereocenters. The van der Waals surface area contributed by atoms with Crippen molar-refractivity contribution in [2.75, 3.05) is 0 Å². The first-order chi connectivity index (χ1) is 16.3. The number of hydrogen-bond acceptors (Lipinski definition) is 0. The van der Waals surface area contributed by atoms with Gasteiger partial charge in [0, 0.05) is 0 Å². The van der Waals surface area contributed by atoms with Crippen molar-refractivity contribution >= 4 is 11.6 Å². The first-order valence-corrected chi connectivity index (χ1v) is 11.4. The zero-order valence-corrected chi connectivity index (χ0v) is 18.8. The molecule has 0 bridgehead atoms. The van der Waals surface area contributed by atoms with Crippen LogP contribution in [-0.4, -0.2) is 0 Å². The summed E-state index contributed by atoms with van der Waals surface area (Å²) in [4.78, 5) is 0. The second-order valence-electron chi connectivity index (χ2n) is 8.30. The summed E-state index contributed by atoms with van der Waals surface area (Å²) in [6.45, 7) is 2.17. The molecule has 0 heteroatoms. The molecular formula is C33H26. The molecule has 0 aliphatic heterocycles. The third-order valence-corrected chi connectivity index (χ3v) is 6.09. The Balaban J connectivity index is 1.56. The molecule has 5 rings (SSSR count). The van der Waals surface area contributed by atoms with E-state index >= 15 is 0 Å². The SMILES string of the molecule is Cc1ccccc1C=C(c1ccc(-c2ccccc2)cc1)c1ccc(-c2ccccc2)cc1. The number of aryl methyl sites for hydroxylation is 1. The monoisotopic (exact) mass is 422 g/mol. The quantitative estimate of drug-likeness (QED) is 0.248. The van der Waals surface area contributed by atoms with Gasteiger partial charge < -0.3 is 0 Å². The average Bonchev–Trinajstić information content (AvgIpc) is 2.90. The fraction of sp³-hybridized carbons (Fsp3) is 0.0303. The summed E-state index contributed by atoms with van der Waals surface area (Å²) in [7, 11) is 0. The highest BCUT2D eigenvalue weighted by Gasteiger charge is 2.08. The van der Waals surface area contributed by atoms with Crippen molar-refractivity contribution in [1.82, 2.24) is 0 Å². The van der Waals surface area contributed by atoms with Crippen LogP contribution in [0.15, 0.2) is 133 Å². The number of hydrogen-bond donors (Lipinski definition) is 0. The Morgan fingerprint density at radius 2 is 0.818 bits per heavy atom. The van der Waals surface area contributed by atoms with Gasteiger partial charge in [0.2, 0.25) is 0 Å². The van der Waals surface area contributed by atoms with Crippen molar-refractivity contribution in [3.63, 3.8) is 0 Å². The minimum Gasteiger partial charge on any atom is -0.0622 e. The second kappa shape index (κ2) is 9.54. The maximum absolute atomic E-state index is 2.31. The van der Waals surface area contributed by atoms with Crippen LogP contribution < -0.4 is 0 Å². The molecule has 0 aromatic heterocycles. The van der Waals surface area contributed by atoms with Crippen LogP contribution in [0.25, 0.3) is 33.9 Å². The molecule has 0 amide bonds. The first kappa shape index (κ1) is 20.7. The lowest BCUT2D eigenvalue weighted by atomic mass is 9.92. The molecule has 0 nitrogen and oxygen atoms in total. The standard InChI is InChI=1S/C33H26/c1-25-10-8-9-15-32(25)24-33(30-20-16-28(17-21-30)26-11-4-2-5-12-26)31-22-18-29(19-23-31)27-13-6-3-7-14-27/h2-24H,1H3. The van der Waals surface area contributed by atoms with Crippen molar-refractivity contribution in [1.29, 1.82) is 0 Å². The Hall–Kier alpha value is -4.16. The molecule has 0 saturated carbocycles. The summed E-state index contributed by atoms with van der Waals surface area (Å²) < 4.78 is 0. The molecule has 0 spiro atoms. The molecule has 33 heavy (non-hydrogen) atoms. The Labute approximate surface area is 196 Å². The first-order valence-electron chi connectivity index (χ1n) is 11.4. The van der Waals surface area contributed by atoms with E-state index in [4.69, 9.17) is 0 Å². The molecule has 0 N–H and O–H groups in total. The Morgan fingerprint density at radius 3 is 1.27 bits per heavy atom. The minimum atomic E-state index is 1.21. The predicted octanol–water partition coefficient (Wildman–Crippen LogP) is 8.92. The van der Waals surface area contributed by atoms with Gasteiger partial charge in [-0.1, -0.05) is 133 Å². The third-order valence-electron chi connectivity index (χ3n) is 6.09. The molecular weight excluding hydrogens is 396 g/mol. The molecule has 0 atom stereocenters. The molecule has 158 valence electrons. The van der Waals surface area contributed by atoms with Crippen molar-refractivity contribution in [3.8, 4) is 22.3 Å². The summed E-state index contributed by atoms with van der Waals surface area (Å²) in [6.07, 6.45) is 2.31. The van der Waals surface area contributed by atoms with Gasteiger partial charge >= 0.3 is 0 Å². The molecule has 0 saturated heterocycles. The highest BCUT2D eigenvalue weighted by molar-refractivity contribution is 5.92. The Kier molecular flexibility index (Phi) is 5.99. The average molecular weight is 423 g/mol. The lowest BCUT2D eigenvalue weighted by Crippen LogP contribution is -1.91. The van der Waals surface area contributed by atoms with Crippen LogP contribution in [0.1, 0.15) is 22.3 Å². The van der Waals surface area contributed by atoms with E-state index in [9.17, 15) is 0 Å². The normalized spacial score (nSPS) is 10.6. The van der Waals surface area contributed by atoms with Crippen LogP contribution in [0.4, 0.5) is 0 Å². The molecule has 0 aliphatic carbocycles. The van der Waals surface area contributed by atoms with Crippen molar-refractivity contribution in [2.24, 2.45) is 0 Å². The lowest BCUT2D eigenvalue weighted by Gasteiger charge is -2.12. The van der Waals surface area contributed by atoms with Gasteiger partial charge in [0.05, 0.1) is 0 Å². The van der Waals surface area contributed by atoms with Gasteiger partial charge in [0.15, 0.2) is 0 Å². The summed E-state index contributed by atoms with van der Waals surface area (Å²) >= 11 is 0. The smallest absolute Gasteiger partial charge is 0.0105 e. The fourth-order valence-electron chi connectivity index (χ4n) is 4.18. The highest BCUT2D eigenvalue weighted by Crippen LogP contribution is 2.31. The fourth-order valence-corrected chi connectivity index (χ4v) is 4.18. The van der Waals surface area contributed by atoms with Gasteiger partial charge in [-0.05, 0) is 63.1 Å². The van der Waals surface area contributed by atoms with Gasteiger partial charge in [-0.25, -0.2) is 0 Å². The van der Waals surface area contributed by atoms with E-state index in [0.29, 0.717) is 0 Å². The van der Waals surface area contributed by atoms with Crippen molar-refractivity contribution in [3.05, 3.63) is 156 Å². The van der Waals surface area contributed by atoms with Crippen molar-refractivity contribution < 1.29 is 0 Å². The molecule has 0 radical (unpaired) electrons. The lowest BCUT2D eigenvalue weighted by molar-refractivity contribution is 1.44. The van der Waals surface area contributed by atoms with Crippen LogP contribution in [-0.2, 0) is 0 Å². The van der Waals surface area contributed by atoms with Gasteiger partial charge in [-0.2, -0.15) is 0 Å². The van der Waals surface area contributed by atoms with E-state index in [0.717, 1.165) is 0 Å². The van der Waals surface area contributed by atoms with Gasteiger partial charge in [-0.3, -0.25) is 0 Å². The summed E-state index contributed by atoms with van der Waals surface area (Å²) in [6, 6.07) is 47.4. The third kappa shape index (κ3) is 4.71. The topological polar surface area (TPSA) is 0 Å². The zero-order chi connectivity index (χ0) is 22.5. The van der Waals surface area contributed by atoms with Crippen LogP contribution >= 0.6 is 0 Å². The Morgan fingerprint density at radius 1 is 0.424 bits per heavy atom. The summed E-state index contributed by atoms with van der Waals surface area (Å²) in [5, 5.41) is 0.